The van der Waals surface area contributed by atoms with Crippen LogP contribution >= 0.6 is 0 Å². The van der Waals surface area contributed by atoms with E-state index in [-0.39, 0.29) is 11.4 Å². The van der Waals surface area contributed by atoms with Gasteiger partial charge in [-0.15, -0.1) is 0 Å². The molecule has 4 heteroatoms. The average Bonchev–Trinajstić information content (AvgIpc) is 2.77. The van der Waals surface area contributed by atoms with Crippen LogP contribution in [0.4, 0.5) is 0 Å². The second-order valence-electron chi connectivity index (χ2n) is 6.83. The quantitative estimate of drug-likeness (QED) is 0.326. The standard InChI is InChI=1S/C18H36O3S/c1-3-5-7-9-11-13-15-18-16-17(21-22(18,19)20)14-12-10-8-6-4-2/h17-18H,3-16H2,1-2H3/t17-,18-/m1/s1. The van der Waals surface area contributed by atoms with Gasteiger partial charge in [0.1, 0.15) is 0 Å². The summed E-state index contributed by atoms with van der Waals surface area (Å²) in [6.07, 6.45) is 15.7. The fraction of sp³-hybridized carbons (Fsp3) is 1.00. The normalized spacial score (nSPS) is 23.9. The van der Waals surface area contributed by atoms with E-state index in [1.807, 2.05) is 0 Å². The van der Waals surface area contributed by atoms with Crippen LogP contribution < -0.4 is 0 Å². The molecular formula is C18H36O3S. The Bertz CT molecular complexity index is 365. The maximum absolute atomic E-state index is 12.1. The van der Waals surface area contributed by atoms with Crippen LogP contribution in [0, 0.1) is 0 Å². The van der Waals surface area contributed by atoms with Crippen molar-refractivity contribution in [2.75, 3.05) is 0 Å². The highest BCUT2D eigenvalue weighted by molar-refractivity contribution is 7.87. The molecule has 0 unspecified atom stereocenters. The summed E-state index contributed by atoms with van der Waals surface area (Å²) in [6.45, 7) is 4.42. The molecule has 1 aliphatic rings. The Labute approximate surface area is 138 Å². The van der Waals surface area contributed by atoms with Gasteiger partial charge < -0.3 is 0 Å². The SMILES string of the molecule is CCCCCCCC[C@@H]1C[C@@H](CCCCCCC)OS1(=O)=O. The van der Waals surface area contributed by atoms with Gasteiger partial charge in [0.25, 0.3) is 10.1 Å². The van der Waals surface area contributed by atoms with Crippen molar-refractivity contribution in [3.63, 3.8) is 0 Å². The summed E-state index contributed by atoms with van der Waals surface area (Å²) in [5.74, 6) is 0. The Kier molecular flexibility index (Phi) is 10.4. The Morgan fingerprint density at radius 2 is 1.27 bits per heavy atom. The zero-order valence-corrected chi connectivity index (χ0v) is 15.5. The molecule has 1 rings (SSSR count). The summed E-state index contributed by atoms with van der Waals surface area (Å²) in [7, 11) is -3.28. The van der Waals surface area contributed by atoms with Crippen molar-refractivity contribution < 1.29 is 12.6 Å². The fourth-order valence-electron chi connectivity index (χ4n) is 3.27. The Morgan fingerprint density at radius 1 is 0.773 bits per heavy atom. The van der Waals surface area contributed by atoms with E-state index < -0.39 is 10.1 Å². The molecule has 0 amide bonds. The monoisotopic (exact) mass is 332 g/mol. The molecule has 0 aromatic carbocycles. The second kappa shape index (κ2) is 11.4. The summed E-state index contributed by atoms with van der Waals surface area (Å²) in [5, 5.41) is -0.237. The summed E-state index contributed by atoms with van der Waals surface area (Å²) >= 11 is 0. The van der Waals surface area contributed by atoms with Gasteiger partial charge in [0.15, 0.2) is 0 Å². The molecule has 0 bridgehead atoms. The Morgan fingerprint density at radius 3 is 1.86 bits per heavy atom. The molecule has 1 heterocycles. The van der Waals surface area contributed by atoms with Gasteiger partial charge in [-0.25, -0.2) is 0 Å². The smallest absolute Gasteiger partial charge is 0.267 e. The lowest BCUT2D eigenvalue weighted by Gasteiger charge is -2.07. The van der Waals surface area contributed by atoms with Crippen molar-refractivity contribution in [3.8, 4) is 0 Å². The largest absolute Gasteiger partial charge is 0.270 e. The highest BCUT2D eigenvalue weighted by Gasteiger charge is 2.38. The predicted molar refractivity (Wildman–Crippen MR) is 93.6 cm³/mol. The molecule has 1 saturated heterocycles. The zero-order chi connectivity index (χ0) is 16.3. The molecule has 2 atom stereocenters. The van der Waals surface area contributed by atoms with E-state index in [1.54, 1.807) is 0 Å². The molecule has 1 aliphatic heterocycles. The lowest BCUT2D eigenvalue weighted by molar-refractivity contribution is 0.218. The third kappa shape index (κ3) is 7.96. The Balaban J connectivity index is 2.16. The topological polar surface area (TPSA) is 43.4 Å². The number of hydrogen-bond acceptors (Lipinski definition) is 3. The van der Waals surface area contributed by atoms with Gasteiger partial charge in [0, 0.05) is 0 Å². The predicted octanol–water partition coefficient (Wildman–Crippen LogP) is 5.58. The van der Waals surface area contributed by atoms with Crippen molar-refractivity contribution >= 4 is 10.1 Å². The fourth-order valence-corrected chi connectivity index (χ4v) is 4.89. The third-order valence-corrected chi connectivity index (χ3v) is 6.50. The van der Waals surface area contributed by atoms with E-state index in [0.29, 0.717) is 0 Å². The van der Waals surface area contributed by atoms with Crippen LogP contribution in [0.15, 0.2) is 0 Å². The van der Waals surface area contributed by atoms with Gasteiger partial charge in [-0.1, -0.05) is 84.5 Å². The first-order chi connectivity index (χ1) is 10.6. The maximum atomic E-state index is 12.1. The number of unbranched alkanes of at least 4 members (excludes halogenated alkanes) is 9. The first-order valence-corrected chi connectivity index (χ1v) is 11.0. The molecule has 0 saturated carbocycles. The van der Waals surface area contributed by atoms with Crippen LogP contribution in [-0.4, -0.2) is 19.8 Å². The van der Waals surface area contributed by atoms with E-state index in [2.05, 4.69) is 13.8 Å². The van der Waals surface area contributed by atoms with Crippen LogP contribution in [0.5, 0.6) is 0 Å². The van der Waals surface area contributed by atoms with Gasteiger partial charge >= 0.3 is 0 Å². The van der Waals surface area contributed by atoms with Crippen LogP contribution in [0.1, 0.15) is 104 Å². The second-order valence-corrected chi connectivity index (χ2v) is 8.67. The van der Waals surface area contributed by atoms with E-state index in [4.69, 9.17) is 4.18 Å². The molecule has 0 N–H and O–H groups in total. The van der Waals surface area contributed by atoms with Crippen molar-refractivity contribution in [3.05, 3.63) is 0 Å². The third-order valence-electron chi connectivity index (χ3n) is 4.71. The molecule has 0 radical (unpaired) electrons. The number of rotatable bonds is 13. The van der Waals surface area contributed by atoms with E-state index >= 15 is 0 Å². The van der Waals surface area contributed by atoms with E-state index in [1.165, 1.54) is 51.4 Å². The first kappa shape index (κ1) is 20.0. The molecule has 0 spiro atoms. The van der Waals surface area contributed by atoms with Gasteiger partial charge in [-0.05, 0) is 19.3 Å². The van der Waals surface area contributed by atoms with Gasteiger partial charge in [0.05, 0.1) is 11.4 Å². The molecule has 0 aliphatic carbocycles. The minimum atomic E-state index is -3.28. The molecule has 3 nitrogen and oxygen atoms in total. The van der Waals surface area contributed by atoms with Gasteiger partial charge in [-0.3, -0.25) is 4.18 Å². The molecule has 1 fully saturated rings. The molecule has 0 aromatic heterocycles. The summed E-state index contributed by atoms with van der Waals surface area (Å²) in [6, 6.07) is 0. The first-order valence-electron chi connectivity index (χ1n) is 9.52. The molecule has 0 aromatic rings. The van der Waals surface area contributed by atoms with Gasteiger partial charge in [0.2, 0.25) is 0 Å². The van der Waals surface area contributed by atoms with Crippen molar-refractivity contribution in [1.82, 2.24) is 0 Å². The lowest BCUT2D eigenvalue weighted by Crippen LogP contribution is -2.14. The van der Waals surface area contributed by atoms with E-state index in [0.717, 1.165) is 38.5 Å². The van der Waals surface area contributed by atoms with E-state index in [9.17, 15) is 8.42 Å². The molecule has 132 valence electrons. The Hall–Kier alpha value is -0.0900. The maximum Gasteiger partial charge on any atom is 0.270 e. The van der Waals surface area contributed by atoms with Crippen LogP contribution in [0.2, 0.25) is 0 Å². The lowest BCUT2D eigenvalue weighted by atomic mass is 10.0. The minimum Gasteiger partial charge on any atom is -0.267 e. The number of hydrogen-bond donors (Lipinski definition) is 0. The zero-order valence-electron chi connectivity index (χ0n) is 14.7. The summed E-state index contributed by atoms with van der Waals surface area (Å²) < 4.78 is 29.4. The van der Waals surface area contributed by atoms with Crippen molar-refractivity contribution in [1.29, 1.82) is 0 Å². The van der Waals surface area contributed by atoms with Crippen molar-refractivity contribution in [2.24, 2.45) is 0 Å². The average molecular weight is 333 g/mol. The van der Waals surface area contributed by atoms with Crippen LogP contribution in [0.3, 0.4) is 0 Å². The molecule has 22 heavy (non-hydrogen) atoms. The van der Waals surface area contributed by atoms with Crippen LogP contribution in [-0.2, 0) is 14.3 Å². The van der Waals surface area contributed by atoms with Crippen molar-refractivity contribution in [2.45, 2.75) is 115 Å². The highest BCUT2D eigenvalue weighted by atomic mass is 32.2. The van der Waals surface area contributed by atoms with Gasteiger partial charge in [-0.2, -0.15) is 8.42 Å². The summed E-state index contributed by atoms with van der Waals surface area (Å²) in [5.41, 5.74) is 0. The molecular weight excluding hydrogens is 296 g/mol. The summed E-state index contributed by atoms with van der Waals surface area (Å²) in [4.78, 5) is 0. The van der Waals surface area contributed by atoms with Crippen LogP contribution in [0.25, 0.3) is 0 Å². The highest BCUT2D eigenvalue weighted by Crippen LogP contribution is 2.31. The minimum absolute atomic E-state index is 0.0447.